The van der Waals surface area contributed by atoms with Crippen molar-refractivity contribution < 1.29 is 5.11 Å². The van der Waals surface area contributed by atoms with E-state index in [1.165, 1.54) is 81.8 Å². The molecule has 1 nitrogen and oxygen atoms in total. The number of fused-ring (bicyclic) bond motifs is 1. The van der Waals surface area contributed by atoms with Gasteiger partial charge in [-0.05, 0) is 107 Å². The third-order valence-corrected chi connectivity index (χ3v) is 7.88. The molecule has 0 saturated heterocycles. The molecule has 3 atom stereocenters. The van der Waals surface area contributed by atoms with Gasteiger partial charge in [0.15, 0.2) is 0 Å². The second-order valence-electron chi connectivity index (χ2n) is 10.5. The van der Waals surface area contributed by atoms with E-state index in [4.69, 9.17) is 0 Å². The summed E-state index contributed by atoms with van der Waals surface area (Å²) >= 11 is 0. The summed E-state index contributed by atoms with van der Waals surface area (Å²) in [5, 5.41) is 9.95. The molecule has 3 saturated carbocycles. The summed E-state index contributed by atoms with van der Waals surface area (Å²) < 4.78 is 0. The first-order chi connectivity index (χ1) is 12.8. The van der Waals surface area contributed by atoms with Gasteiger partial charge >= 0.3 is 0 Å². The molecule has 0 heterocycles. The van der Waals surface area contributed by atoms with Crippen molar-refractivity contribution in [3.63, 3.8) is 0 Å². The van der Waals surface area contributed by atoms with Gasteiger partial charge in [0.1, 0.15) is 0 Å². The van der Waals surface area contributed by atoms with Crippen LogP contribution in [0.1, 0.15) is 104 Å². The Labute approximate surface area is 168 Å². The molecule has 152 valence electrons. The second-order valence-corrected chi connectivity index (χ2v) is 10.5. The van der Waals surface area contributed by atoms with Crippen LogP contribution in [0.25, 0.3) is 0 Å². The van der Waals surface area contributed by atoms with E-state index in [0.717, 1.165) is 24.7 Å². The van der Waals surface area contributed by atoms with E-state index in [9.17, 15) is 5.11 Å². The summed E-state index contributed by atoms with van der Waals surface area (Å²) in [6.07, 6.45) is 21.6. The van der Waals surface area contributed by atoms with E-state index >= 15 is 0 Å². The van der Waals surface area contributed by atoms with Crippen LogP contribution in [0.5, 0.6) is 0 Å². The van der Waals surface area contributed by atoms with Gasteiger partial charge in [0, 0.05) is 0 Å². The normalized spacial score (nSPS) is 35.0. The van der Waals surface area contributed by atoms with Gasteiger partial charge in [-0.2, -0.15) is 0 Å². The molecule has 1 heteroatoms. The first kappa shape index (κ1) is 20.9. The third kappa shape index (κ3) is 5.17. The highest BCUT2D eigenvalue weighted by Crippen LogP contribution is 2.58. The number of rotatable bonds is 6. The maximum atomic E-state index is 9.95. The summed E-state index contributed by atoms with van der Waals surface area (Å²) in [5.74, 6) is 1.68. The number of aliphatic hydroxyl groups is 1. The zero-order chi connectivity index (χ0) is 19.5. The van der Waals surface area contributed by atoms with Crippen LogP contribution in [0.4, 0.5) is 0 Å². The van der Waals surface area contributed by atoms with Crippen LogP contribution in [0.3, 0.4) is 0 Å². The van der Waals surface area contributed by atoms with Gasteiger partial charge in [-0.3, -0.25) is 0 Å². The van der Waals surface area contributed by atoms with Crippen molar-refractivity contribution in [3.8, 4) is 0 Å². The van der Waals surface area contributed by atoms with Crippen LogP contribution in [-0.2, 0) is 0 Å². The van der Waals surface area contributed by atoms with Gasteiger partial charge in [0.05, 0.1) is 5.60 Å². The van der Waals surface area contributed by atoms with Crippen molar-refractivity contribution in [2.75, 3.05) is 0 Å². The number of hydrogen-bond acceptors (Lipinski definition) is 1. The molecule has 0 aromatic carbocycles. The van der Waals surface area contributed by atoms with E-state index in [0.29, 0.717) is 5.41 Å². The van der Waals surface area contributed by atoms with E-state index in [1.54, 1.807) is 5.57 Å². The molecular formula is C26H42O. The first-order valence-corrected chi connectivity index (χ1v) is 11.6. The zero-order valence-corrected chi connectivity index (χ0v) is 18.2. The summed E-state index contributed by atoms with van der Waals surface area (Å²) in [6, 6.07) is 0. The molecule has 1 N–H and O–H groups in total. The summed E-state index contributed by atoms with van der Waals surface area (Å²) in [7, 11) is 0. The first-order valence-electron chi connectivity index (χ1n) is 11.6. The number of allylic oxidation sites excluding steroid dienone is 5. The molecule has 3 aliphatic carbocycles. The minimum atomic E-state index is -0.501. The van der Waals surface area contributed by atoms with Crippen molar-refractivity contribution in [3.05, 3.63) is 35.5 Å². The van der Waals surface area contributed by atoms with Gasteiger partial charge in [-0.15, -0.1) is 0 Å². The molecule has 0 aliphatic heterocycles. The maximum Gasteiger partial charge on any atom is 0.0591 e. The highest BCUT2D eigenvalue weighted by Gasteiger charge is 2.48. The third-order valence-electron chi connectivity index (χ3n) is 7.88. The Morgan fingerprint density at radius 3 is 2.59 bits per heavy atom. The standard InChI is InChI=1S/C26H42O/c1-20-10-5-6-11-21(20)14-15-22-12-9-19-26(4)23(16-17-24(22)26)13-7-8-18-25(2,3)27/h14-15,23-24,27H,1,5-13,16-19H2,2-4H3/b21-14-,22-15+. The van der Waals surface area contributed by atoms with Crippen LogP contribution in [-0.4, -0.2) is 10.7 Å². The molecule has 0 radical (unpaired) electrons. The van der Waals surface area contributed by atoms with Crippen molar-refractivity contribution in [2.24, 2.45) is 17.3 Å². The molecule has 3 aliphatic rings. The van der Waals surface area contributed by atoms with Gasteiger partial charge < -0.3 is 5.11 Å². The lowest BCUT2D eigenvalue weighted by Gasteiger charge is -2.42. The predicted molar refractivity (Wildman–Crippen MR) is 117 cm³/mol. The topological polar surface area (TPSA) is 20.2 Å². The lowest BCUT2D eigenvalue weighted by molar-refractivity contribution is 0.0660. The Balaban J connectivity index is 1.62. The molecule has 0 bridgehead atoms. The molecule has 0 aromatic rings. The Hall–Kier alpha value is -0.820. The Bertz CT molecular complexity index is 588. The van der Waals surface area contributed by atoms with E-state index in [-0.39, 0.29) is 0 Å². The molecule has 0 aromatic heterocycles. The van der Waals surface area contributed by atoms with E-state index < -0.39 is 5.60 Å². The van der Waals surface area contributed by atoms with Crippen molar-refractivity contribution >= 4 is 0 Å². The SMILES string of the molecule is C=C1CCCC/C1=C/C=C1\CCCC2(C)C(CCCCC(C)(C)O)CCC12. The molecule has 0 spiro atoms. The van der Waals surface area contributed by atoms with Crippen LogP contribution < -0.4 is 0 Å². The highest BCUT2D eigenvalue weighted by atomic mass is 16.3. The quantitative estimate of drug-likeness (QED) is 0.479. The Morgan fingerprint density at radius 2 is 1.85 bits per heavy atom. The lowest BCUT2D eigenvalue weighted by atomic mass is 9.62. The largest absolute Gasteiger partial charge is 0.390 e. The molecule has 27 heavy (non-hydrogen) atoms. The number of unbranched alkanes of at least 4 members (excludes halogenated alkanes) is 1. The van der Waals surface area contributed by atoms with Gasteiger partial charge in [-0.25, -0.2) is 0 Å². The van der Waals surface area contributed by atoms with Gasteiger partial charge in [0.25, 0.3) is 0 Å². The smallest absolute Gasteiger partial charge is 0.0591 e. The van der Waals surface area contributed by atoms with Crippen molar-refractivity contribution in [2.45, 2.75) is 110 Å². The van der Waals surface area contributed by atoms with Crippen molar-refractivity contribution in [1.29, 1.82) is 0 Å². The molecule has 0 amide bonds. The van der Waals surface area contributed by atoms with Crippen molar-refractivity contribution in [1.82, 2.24) is 0 Å². The molecule has 3 fully saturated rings. The second kappa shape index (κ2) is 8.68. The fourth-order valence-corrected chi connectivity index (χ4v) is 6.17. The summed E-state index contributed by atoms with van der Waals surface area (Å²) in [6.45, 7) is 10.8. The van der Waals surface area contributed by atoms with E-state index in [1.807, 2.05) is 13.8 Å². The number of hydrogen-bond donors (Lipinski definition) is 1. The maximum absolute atomic E-state index is 9.95. The van der Waals surface area contributed by atoms with E-state index in [2.05, 4.69) is 25.7 Å². The molecule has 3 rings (SSSR count). The minimum Gasteiger partial charge on any atom is -0.390 e. The van der Waals surface area contributed by atoms with Gasteiger partial charge in [-0.1, -0.05) is 49.6 Å². The predicted octanol–water partition coefficient (Wildman–Crippen LogP) is 7.52. The van der Waals surface area contributed by atoms with Gasteiger partial charge in [0.2, 0.25) is 0 Å². The molecule has 3 unspecified atom stereocenters. The molecular weight excluding hydrogens is 328 g/mol. The summed E-state index contributed by atoms with van der Waals surface area (Å²) in [4.78, 5) is 0. The minimum absolute atomic E-state index is 0.501. The average Bonchev–Trinajstić information content (AvgIpc) is 2.94. The Kier molecular flexibility index (Phi) is 6.72. The highest BCUT2D eigenvalue weighted by molar-refractivity contribution is 5.35. The fraction of sp³-hybridized carbons (Fsp3) is 0.769. The van der Waals surface area contributed by atoms with Crippen LogP contribution in [0, 0.1) is 17.3 Å². The monoisotopic (exact) mass is 370 g/mol. The lowest BCUT2D eigenvalue weighted by Crippen LogP contribution is -2.33. The Morgan fingerprint density at radius 1 is 1.07 bits per heavy atom. The van der Waals surface area contributed by atoms with Crippen LogP contribution in [0.15, 0.2) is 35.5 Å². The van der Waals surface area contributed by atoms with Crippen LogP contribution >= 0.6 is 0 Å². The summed E-state index contributed by atoms with van der Waals surface area (Å²) in [5.41, 5.74) is 4.64. The van der Waals surface area contributed by atoms with Crippen LogP contribution in [0.2, 0.25) is 0 Å². The average molecular weight is 371 g/mol. The zero-order valence-electron chi connectivity index (χ0n) is 18.2. The fourth-order valence-electron chi connectivity index (χ4n) is 6.17.